The van der Waals surface area contributed by atoms with E-state index < -0.39 is 12.7 Å². The number of rotatable bonds is 5. The van der Waals surface area contributed by atoms with Gasteiger partial charge in [0, 0.05) is 18.3 Å². The fraction of sp³-hybridized carbons (Fsp3) is 0.222. The topological polar surface area (TPSA) is 27.8 Å². The van der Waals surface area contributed by atoms with E-state index in [0.717, 1.165) is 27.6 Å². The molecule has 0 aliphatic heterocycles. The van der Waals surface area contributed by atoms with Crippen molar-refractivity contribution in [1.82, 2.24) is 10.3 Å². The number of hydrogen-bond donors (Lipinski definition) is 2. The normalized spacial score (nSPS) is 12.0. The second-order valence-electron chi connectivity index (χ2n) is 5.56. The molecule has 0 spiro atoms. The molecule has 0 aliphatic carbocycles. The maximum Gasteiger partial charge on any atom is 0.401 e. The Balaban J connectivity index is 1.74. The number of aromatic nitrogens is 1. The van der Waals surface area contributed by atoms with Crippen LogP contribution in [0.15, 0.2) is 54.7 Å². The zero-order valence-corrected chi connectivity index (χ0v) is 12.5. The highest BCUT2D eigenvalue weighted by atomic mass is 19.4. The summed E-state index contributed by atoms with van der Waals surface area (Å²) in [5, 5.41) is 3.60. The monoisotopic (exact) mass is 318 g/mol. The number of H-pyrrole nitrogens is 1. The van der Waals surface area contributed by atoms with Crippen LogP contribution in [-0.2, 0) is 13.0 Å². The fourth-order valence-corrected chi connectivity index (χ4v) is 2.67. The van der Waals surface area contributed by atoms with Gasteiger partial charge in [-0.15, -0.1) is 0 Å². The third-order valence-electron chi connectivity index (χ3n) is 3.77. The summed E-state index contributed by atoms with van der Waals surface area (Å²) in [6.45, 7) is -0.765. The molecule has 0 saturated heterocycles. The molecule has 0 fully saturated rings. The molecule has 0 amide bonds. The molecule has 0 unspecified atom stereocenters. The smallest absolute Gasteiger partial charge is 0.361 e. The van der Waals surface area contributed by atoms with Gasteiger partial charge in [0.25, 0.3) is 0 Å². The quantitative estimate of drug-likeness (QED) is 0.716. The maximum atomic E-state index is 12.3. The van der Waals surface area contributed by atoms with E-state index in [1.807, 2.05) is 48.7 Å². The Bertz CT molecular complexity index is 790. The fourth-order valence-electron chi connectivity index (χ4n) is 2.67. The maximum absolute atomic E-state index is 12.3. The lowest BCUT2D eigenvalue weighted by molar-refractivity contribution is -0.125. The molecule has 1 heterocycles. The first-order chi connectivity index (χ1) is 11.0. The summed E-state index contributed by atoms with van der Waals surface area (Å²) in [6, 6.07) is 15.8. The molecule has 120 valence electrons. The Morgan fingerprint density at radius 1 is 0.957 bits per heavy atom. The molecule has 0 bridgehead atoms. The molecular weight excluding hydrogens is 301 g/mol. The first-order valence-corrected chi connectivity index (χ1v) is 7.41. The van der Waals surface area contributed by atoms with Crippen LogP contribution < -0.4 is 5.32 Å². The van der Waals surface area contributed by atoms with Crippen LogP contribution in [0.4, 0.5) is 13.2 Å². The van der Waals surface area contributed by atoms with E-state index in [1.165, 1.54) is 0 Å². The second kappa shape index (κ2) is 6.46. The Morgan fingerprint density at radius 2 is 1.74 bits per heavy atom. The molecule has 23 heavy (non-hydrogen) atoms. The van der Waals surface area contributed by atoms with Crippen molar-refractivity contribution < 1.29 is 13.2 Å². The van der Waals surface area contributed by atoms with Crippen molar-refractivity contribution in [2.24, 2.45) is 0 Å². The van der Waals surface area contributed by atoms with Crippen LogP contribution >= 0.6 is 0 Å². The molecule has 5 heteroatoms. The molecule has 2 N–H and O–H groups in total. The van der Waals surface area contributed by atoms with Gasteiger partial charge in [-0.25, -0.2) is 0 Å². The molecule has 0 atom stereocenters. The Kier molecular flexibility index (Phi) is 4.39. The lowest BCUT2D eigenvalue weighted by Gasteiger charge is -2.12. The van der Waals surface area contributed by atoms with Crippen LogP contribution in [0.5, 0.6) is 0 Å². The number of alkyl halides is 3. The third-order valence-corrected chi connectivity index (χ3v) is 3.77. The molecule has 2 aromatic carbocycles. The van der Waals surface area contributed by atoms with Gasteiger partial charge in [0.1, 0.15) is 0 Å². The molecule has 0 saturated carbocycles. The number of fused-ring (bicyclic) bond motifs is 1. The summed E-state index contributed by atoms with van der Waals surface area (Å²) < 4.78 is 36.8. The predicted molar refractivity (Wildman–Crippen MR) is 85.3 cm³/mol. The summed E-state index contributed by atoms with van der Waals surface area (Å²) in [6.07, 6.45) is -1.59. The van der Waals surface area contributed by atoms with Crippen molar-refractivity contribution in [2.45, 2.75) is 19.1 Å². The molecule has 3 rings (SSSR count). The highest BCUT2D eigenvalue weighted by molar-refractivity contribution is 5.80. The SMILES string of the molecule is FC(F)(F)CNCc1ccccc1Cc1ccc2[nH]ccc2c1. The zero-order chi connectivity index (χ0) is 16.3. The zero-order valence-electron chi connectivity index (χ0n) is 12.5. The van der Waals surface area contributed by atoms with Gasteiger partial charge < -0.3 is 10.3 Å². The van der Waals surface area contributed by atoms with Gasteiger partial charge in [0.05, 0.1) is 6.54 Å². The van der Waals surface area contributed by atoms with Crippen LogP contribution in [0, 0.1) is 0 Å². The lowest BCUT2D eigenvalue weighted by Crippen LogP contribution is -2.28. The number of benzene rings is 2. The average Bonchev–Trinajstić information content (AvgIpc) is 2.95. The van der Waals surface area contributed by atoms with Gasteiger partial charge in [-0.3, -0.25) is 0 Å². The van der Waals surface area contributed by atoms with Crippen molar-refractivity contribution >= 4 is 10.9 Å². The van der Waals surface area contributed by atoms with Gasteiger partial charge in [-0.1, -0.05) is 30.3 Å². The summed E-state index contributed by atoms with van der Waals surface area (Å²) in [5.74, 6) is 0. The second-order valence-corrected chi connectivity index (χ2v) is 5.56. The highest BCUT2D eigenvalue weighted by Gasteiger charge is 2.26. The lowest BCUT2D eigenvalue weighted by atomic mass is 9.99. The molecule has 0 aliphatic rings. The summed E-state index contributed by atoms with van der Waals surface area (Å²) in [7, 11) is 0. The summed E-state index contributed by atoms with van der Waals surface area (Å²) in [4.78, 5) is 3.15. The minimum absolute atomic E-state index is 0.210. The van der Waals surface area contributed by atoms with Crippen LogP contribution in [0.2, 0.25) is 0 Å². The predicted octanol–water partition coefficient (Wildman–Crippen LogP) is 4.41. The van der Waals surface area contributed by atoms with E-state index in [0.29, 0.717) is 6.42 Å². The van der Waals surface area contributed by atoms with Gasteiger partial charge in [0.2, 0.25) is 0 Å². The Labute approximate surface area is 132 Å². The van der Waals surface area contributed by atoms with Crippen molar-refractivity contribution in [3.63, 3.8) is 0 Å². The van der Waals surface area contributed by atoms with Gasteiger partial charge >= 0.3 is 6.18 Å². The summed E-state index contributed by atoms with van der Waals surface area (Å²) >= 11 is 0. The first kappa shape index (κ1) is 15.6. The van der Waals surface area contributed by atoms with Gasteiger partial charge in [0.15, 0.2) is 0 Å². The Morgan fingerprint density at radius 3 is 2.52 bits per heavy atom. The van der Waals surface area contributed by atoms with Crippen molar-refractivity contribution in [1.29, 1.82) is 0 Å². The molecule has 1 aromatic heterocycles. The number of hydrogen-bond acceptors (Lipinski definition) is 1. The van der Waals surface area contributed by atoms with E-state index in [4.69, 9.17) is 0 Å². The minimum atomic E-state index is -4.19. The standard InChI is InChI=1S/C18H17F3N2/c19-18(20,21)12-22-11-16-4-2-1-3-14(16)9-13-5-6-17-15(10-13)7-8-23-17/h1-8,10,22-23H,9,11-12H2. The summed E-state index contributed by atoms with van der Waals surface area (Å²) in [5.41, 5.74) is 4.15. The highest BCUT2D eigenvalue weighted by Crippen LogP contribution is 2.19. The molecule has 0 radical (unpaired) electrons. The van der Waals surface area contributed by atoms with Gasteiger partial charge in [-0.2, -0.15) is 13.2 Å². The number of nitrogens with one attached hydrogen (secondary N) is 2. The van der Waals surface area contributed by atoms with Crippen molar-refractivity contribution in [3.05, 3.63) is 71.4 Å². The molecule has 3 aromatic rings. The first-order valence-electron chi connectivity index (χ1n) is 7.41. The van der Waals surface area contributed by atoms with Crippen LogP contribution in [0.1, 0.15) is 16.7 Å². The van der Waals surface area contributed by atoms with E-state index >= 15 is 0 Å². The van der Waals surface area contributed by atoms with Crippen molar-refractivity contribution in [2.75, 3.05) is 6.54 Å². The molecular formula is C18H17F3N2. The minimum Gasteiger partial charge on any atom is -0.361 e. The largest absolute Gasteiger partial charge is 0.401 e. The van der Waals surface area contributed by atoms with E-state index in [-0.39, 0.29) is 6.54 Å². The number of halogens is 3. The third kappa shape index (κ3) is 4.13. The van der Waals surface area contributed by atoms with E-state index in [9.17, 15) is 13.2 Å². The van der Waals surface area contributed by atoms with Gasteiger partial charge in [-0.05, 0) is 46.7 Å². The van der Waals surface area contributed by atoms with Crippen molar-refractivity contribution in [3.8, 4) is 0 Å². The van der Waals surface area contributed by atoms with Crippen LogP contribution in [0.25, 0.3) is 10.9 Å². The number of aromatic amines is 1. The van der Waals surface area contributed by atoms with Crippen LogP contribution in [-0.4, -0.2) is 17.7 Å². The average molecular weight is 318 g/mol. The van der Waals surface area contributed by atoms with E-state index in [1.54, 1.807) is 0 Å². The van der Waals surface area contributed by atoms with Crippen LogP contribution in [0.3, 0.4) is 0 Å². The Hall–Kier alpha value is -2.27. The molecule has 2 nitrogen and oxygen atoms in total. The van der Waals surface area contributed by atoms with E-state index in [2.05, 4.69) is 16.4 Å².